The summed E-state index contributed by atoms with van der Waals surface area (Å²) in [4.78, 5) is 14.3. The van der Waals surface area contributed by atoms with Gasteiger partial charge in [0.15, 0.2) is 5.82 Å². The molecule has 7 nitrogen and oxygen atoms in total. The first-order valence-corrected chi connectivity index (χ1v) is 17.6. The van der Waals surface area contributed by atoms with Crippen molar-refractivity contribution in [1.82, 2.24) is 30.0 Å². The molecule has 8 rings (SSSR count). The Morgan fingerprint density at radius 3 is 2.42 bits per heavy atom. The number of piperazine rings is 1. The first-order valence-electron chi connectivity index (χ1n) is 17.6. The zero-order valence-electron chi connectivity index (χ0n) is 28.9. The summed E-state index contributed by atoms with van der Waals surface area (Å²) in [6, 6.07) is 6.99. The van der Waals surface area contributed by atoms with Crippen LogP contribution in [0.2, 0.25) is 0 Å². The smallest absolute Gasteiger partial charge is 0.255 e. The quantitative estimate of drug-likeness (QED) is 0.132. The van der Waals surface area contributed by atoms with Crippen molar-refractivity contribution < 1.29 is 17.6 Å². The molecule has 2 aliphatic heterocycles. The number of terminal acetylenes is 1. The predicted molar refractivity (Wildman–Crippen MR) is 190 cm³/mol. The predicted octanol–water partition coefficient (Wildman–Crippen LogP) is 7.15. The second-order valence-corrected chi connectivity index (χ2v) is 14.5. The monoisotopic (exact) mass is 683 g/mol. The molecule has 1 aliphatic carbocycles. The molecule has 2 unspecified atom stereocenters. The molecule has 50 heavy (non-hydrogen) atoms. The Hall–Kier alpha value is -4.27. The molecule has 2 aromatic heterocycles. The molecule has 0 amide bonds. The van der Waals surface area contributed by atoms with E-state index in [1.807, 2.05) is 44.0 Å². The van der Waals surface area contributed by atoms with Gasteiger partial charge in [0.1, 0.15) is 28.5 Å². The van der Waals surface area contributed by atoms with Crippen molar-refractivity contribution >= 4 is 38.4 Å². The van der Waals surface area contributed by atoms with Crippen LogP contribution in [-0.4, -0.2) is 75.4 Å². The number of aromatic nitrogens is 4. The molecule has 3 atom stereocenters. The number of hydrogen-bond donors (Lipinski definition) is 1. The highest BCUT2D eigenvalue weighted by molar-refractivity contribution is 6.18. The summed E-state index contributed by atoms with van der Waals surface area (Å²) in [7, 11) is 1.78. The number of rotatable bonds is 9. The van der Waals surface area contributed by atoms with Crippen LogP contribution in [0.25, 0.3) is 43.7 Å². The summed E-state index contributed by atoms with van der Waals surface area (Å²) in [5, 5.41) is 10.6. The van der Waals surface area contributed by atoms with E-state index >= 15 is 17.6 Å². The third kappa shape index (κ3) is 5.05. The summed E-state index contributed by atoms with van der Waals surface area (Å²) in [5.41, 5.74) is 0.825. The molecule has 0 radical (unpaired) electrons. The lowest BCUT2D eigenvalue weighted by Gasteiger charge is -2.37. The number of nitrogens with one attached hydrogen (secondary N) is 1. The molecule has 3 fully saturated rings. The third-order valence-corrected chi connectivity index (χ3v) is 11.4. The molecule has 3 aromatic carbocycles. The van der Waals surface area contributed by atoms with E-state index in [-0.39, 0.29) is 48.0 Å². The number of halogens is 4. The van der Waals surface area contributed by atoms with Crippen LogP contribution in [0.5, 0.6) is 0 Å². The Morgan fingerprint density at radius 1 is 1.04 bits per heavy atom. The maximum Gasteiger partial charge on any atom is 0.255 e. The van der Waals surface area contributed by atoms with Gasteiger partial charge in [0.05, 0.1) is 16.4 Å². The van der Waals surface area contributed by atoms with Gasteiger partial charge >= 0.3 is 0 Å². The van der Waals surface area contributed by atoms with E-state index < -0.39 is 23.0 Å². The molecule has 260 valence electrons. The van der Waals surface area contributed by atoms with E-state index in [0.29, 0.717) is 63.9 Å². The standard InChI is InChI=1S/C39H41F4N7/c1-6-26-29(40)12-9-23-15-22(4)16-27(31(23)26)32-34(41)36-33(28-19-48(5)47-35(28)32)37(50-24-10-11-25(50)18-44-17-24)46-30(45-36)13-14-38(20-39(38,42)43)21-49(7-2)8-3/h1,9,12,15-16,19,24-25,44H,7-8,10-11,13-14,17-18,20-21H2,2-5H3/t24?,25?,38-/m1/s1. The van der Waals surface area contributed by atoms with Crippen LogP contribution in [0.1, 0.15) is 56.5 Å². The highest BCUT2D eigenvalue weighted by Gasteiger charge is 2.70. The lowest BCUT2D eigenvalue weighted by atomic mass is 9.90. The lowest BCUT2D eigenvalue weighted by Crippen LogP contribution is -2.52. The van der Waals surface area contributed by atoms with Crippen LogP contribution in [-0.2, 0) is 13.5 Å². The minimum atomic E-state index is -2.77. The molecule has 11 heteroatoms. The molecule has 2 bridgehead atoms. The molecule has 2 saturated heterocycles. The Morgan fingerprint density at radius 2 is 1.76 bits per heavy atom. The molecule has 3 aliphatic rings. The first kappa shape index (κ1) is 32.9. The van der Waals surface area contributed by atoms with Gasteiger partial charge in [0.25, 0.3) is 5.92 Å². The zero-order valence-corrected chi connectivity index (χ0v) is 28.9. The van der Waals surface area contributed by atoms with Crippen molar-refractivity contribution in [3.8, 4) is 23.5 Å². The number of benzene rings is 3. The van der Waals surface area contributed by atoms with Crippen molar-refractivity contribution in [3.05, 3.63) is 59.0 Å². The SMILES string of the molecule is C#Cc1c(F)ccc2cc(C)cc(-c3c(F)c4nc(CC[C@]5(CN(CC)CC)CC5(F)F)nc(N5C6CCC5CNC6)c4c4cn(C)nc34)c12. The number of alkyl halides is 2. The maximum atomic E-state index is 17.7. The average Bonchev–Trinajstić information content (AvgIpc) is 3.27. The Kier molecular flexibility index (Phi) is 7.84. The number of hydrogen-bond acceptors (Lipinski definition) is 6. The van der Waals surface area contributed by atoms with Gasteiger partial charge < -0.3 is 15.1 Å². The number of fused-ring (bicyclic) bond motifs is 6. The fourth-order valence-electron chi connectivity index (χ4n) is 8.71. The number of nitrogens with zero attached hydrogens (tertiary/aromatic N) is 6. The summed E-state index contributed by atoms with van der Waals surface area (Å²) < 4.78 is 64.6. The number of aryl methyl sites for hydroxylation is 3. The van der Waals surface area contributed by atoms with Crippen LogP contribution >= 0.6 is 0 Å². The van der Waals surface area contributed by atoms with Crippen molar-refractivity contribution in [1.29, 1.82) is 0 Å². The maximum absolute atomic E-state index is 17.7. The van der Waals surface area contributed by atoms with E-state index in [1.54, 1.807) is 17.8 Å². The Balaban J connectivity index is 1.38. The van der Waals surface area contributed by atoms with Crippen LogP contribution in [0.4, 0.5) is 23.4 Å². The molecule has 1 N–H and O–H groups in total. The van der Waals surface area contributed by atoms with Crippen molar-refractivity contribution in [2.45, 2.75) is 70.9 Å². The minimum Gasteiger partial charge on any atom is -0.347 e. The average molecular weight is 684 g/mol. The fourth-order valence-corrected chi connectivity index (χ4v) is 8.71. The highest BCUT2D eigenvalue weighted by Crippen LogP contribution is 2.63. The normalized spacial score (nSPS) is 22.7. The van der Waals surface area contributed by atoms with Gasteiger partial charge in [-0.1, -0.05) is 38.0 Å². The van der Waals surface area contributed by atoms with Crippen LogP contribution in [0, 0.1) is 36.3 Å². The zero-order chi connectivity index (χ0) is 35.1. The molecule has 4 heterocycles. The summed E-state index contributed by atoms with van der Waals surface area (Å²) in [6.07, 6.45) is 9.81. The van der Waals surface area contributed by atoms with Crippen molar-refractivity contribution in [3.63, 3.8) is 0 Å². The van der Waals surface area contributed by atoms with Crippen LogP contribution < -0.4 is 10.2 Å². The van der Waals surface area contributed by atoms with Gasteiger partial charge in [0, 0.05) is 74.1 Å². The molecule has 0 spiro atoms. The van der Waals surface area contributed by atoms with Crippen molar-refractivity contribution in [2.24, 2.45) is 12.5 Å². The van der Waals surface area contributed by atoms with E-state index in [9.17, 15) is 0 Å². The van der Waals surface area contributed by atoms with Crippen LogP contribution in [0.3, 0.4) is 0 Å². The van der Waals surface area contributed by atoms with Gasteiger partial charge in [-0.05, 0) is 61.9 Å². The van der Waals surface area contributed by atoms with E-state index in [4.69, 9.17) is 21.5 Å². The van der Waals surface area contributed by atoms with E-state index in [0.717, 1.165) is 31.5 Å². The molecular weight excluding hydrogens is 642 g/mol. The first-order chi connectivity index (χ1) is 24.0. The van der Waals surface area contributed by atoms with Crippen molar-refractivity contribution in [2.75, 3.05) is 37.6 Å². The summed E-state index contributed by atoms with van der Waals surface area (Å²) in [5.74, 6) is -0.512. The minimum absolute atomic E-state index is 0.0476. The Bertz CT molecular complexity index is 2200. The largest absolute Gasteiger partial charge is 0.347 e. The van der Waals surface area contributed by atoms with Crippen LogP contribution in [0.15, 0.2) is 30.5 Å². The second-order valence-electron chi connectivity index (χ2n) is 14.5. The highest BCUT2D eigenvalue weighted by atomic mass is 19.3. The molecule has 5 aromatic rings. The van der Waals surface area contributed by atoms with Gasteiger partial charge in [-0.15, -0.1) is 6.42 Å². The third-order valence-electron chi connectivity index (χ3n) is 11.4. The van der Waals surface area contributed by atoms with Gasteiger partial charge in [-0.25, -0.2) is 27.5 Å². The van der Waals surface area contributed by atoms with Gasteiger partial charge in [0.2, 0.25) is 0 Å². The molecule has 1 saturated carbocycles. The number of anilines is 1. The second kappa shape index (κ2) is 11.9. The van der Waals surface area contributed by atoms with E-state index in [1.165, 1.54) is 6.07 Å². The van der Waals surface area contributed by atoms with Gasteiger partial charge in [-0.3, -0.25) is 4.68 Å². The summed E-state index contributed by atoms with van der Waals surface area (Å²) >= 11 is 0. The van der Waals surface area contributed by atoms with E-state index in [2.05, 4.69) is 16.1 Å². The lowest BCUT2D eigenvalue weighted by molar-refractivity contribution is 0.0435. The topological polar surface area (TPSA) is 62.1 Å². The Labute approximate surface area is 289 Å². The summed E-state index contributed by atoms with van der Waals surface area (Å²) in [6.45, 7) is 9.06. The fraction of sp³-hybridized carbons (Fsp3) is 0.462. The van der Waals surface area contributed by atoms with Gasteiger partial charge in [-0.2, -0.15) is 5.10 Å². The molecular formula is C39H41F4N7.